The number of amides is 1. The molecule has 0 bridgehead atoms. The highest BCUT2D eigenvalue weighted by Crippen LogP contribution is 2.03. The zero-order valence-corrected chi connectivity index (χ0v) is 9.35. The Bertz CT molecular complexity index is 385. The van der Waals surface area contributed by atoms with Crippen molar-refractivity contribution in [2.24, 2.45) is 0 Å². The number of hydrogen-bond donors (Lipinski definition) is 0. The lowest BCUT2D eigenvalue weighted by molar-refractivity contribution is -0.125. The normalized spacial score (nSPS) is 10.2. The second kappa shape index (κ2) is 6.52. The van der Waals surface area contributed by atoms with Crippen LogP contribution in [0.3, 0.4) is 0 Å². The lowest BCUT2D eigenvalue weighted by Gasteiger charge is -2.16. The van der Waals surface area contributed by atoms with Crippen LogP contribution in [0.25, 0.3) is 6.08 Å². The average Bonchev–Trinajstić information content (AvgIpc) is 2.78. The van der Waals surface area contributed by atoms with E-state index in [1.807, 2.05) is 6.92 Å². The largest absolute Gasteiger partial charge is 0.465 e. The van der Waals surface area contributed by atoms with Gasteiger partial charge in [0.2, 0.25) is 5.91 Å². The molecule has 1 amide bonds. The van der Waals surface area contributed by atoms with Crippen LogP contribution >= 0.6 is 0 Å². The minimum absolute atomic E-state index is 0.0869. The Labute approximate surface area is 95.7 Å². The molecule has 3 nitrogen and oxygen atoms in total. The molecule has 0 N–H and O–H groups in total. The molecule has 0 aliphatic rings. The van der Waals surface area contributed by atoms with Crippen LogP contribution in [0.4, 0.5) is 0 Å². The van der Waals surface area contributed by atoms with E-state index in [1.54, 1.807) is 29.4 Å². The number of terminal acetylenes is 1. The van der Waals surface area contributed by atoms with Crippen molar-refractivity contribution in [3.8, 4) is 12.3 Å². The predicted octanol–water partition coefficient (Wildman–Crippen LogP) is 2.16. The molecule has 0 fully saturated rings. The first kappa shape index (κ1) is 12.1. The molecule has 84 valence electrons. The number of furan rings is 1. The molecule has 16 heavy (non-hydrogen) atoms. The lowest BCUT2D eigenvalue weighted by atomic mass is 10.3. The van der Waals surface area contributed by atoms with Crippen LogP contribution in [0.2, 0.25) is 0 Å². The van der Waals surface area contributed by atoms with Gasteiger partial charge in [-0.3, -0.25) is 4.79 Å². The lowest BCUT2D eigenvalue weighted by Crippen LogP contribution is -2.30. The van der Waals surface area contributed by atoms with E-state index in [-0.39, 0.29) is 5.91 Å². The van der Waals surface area contributed by atoms with Gasteiger partial charge in [-0.15, -0.1) is 6.42 Å². The second-order valence-electron chi connectivity index (χ2n) is 3.31. The summed E-state index contributed by atoms with van der Waals surface area (Å²) in [7, 11) is 0. The Morgan fingerprint density at radius 3 is 3.06 bits per heavy atom. The average molecular weight is 217 g/mol. The Morgan fingerprint density at radius 1 is 1.69 bits per heavy atom. The summed E-state index contributed by atoms with van der Waals surface area (Å²) in [6, 6.07) is 3.56. The molecule has 0 aliphatic heterocycles. The SMILES string of the molecule is C#CCN(CCC)C(=O)/C=C/c1ccco1. The van der Waals surface area contributed by atoms with Gasteiger partial charge in [0.15, 0.2) is 0 Å². The first-order chi connectivity index (χ1) is 7.77. The van der Waals surface area contributed by atoms with Gasteiger partial charge in [0.25, 0.3) is 0 Å². The Morgan fingerprint density at radius 2 is 2.50 bits per heavy atom. The van der Waals surface area contributed by atoms with Crippen molar-refractivity contribution in [3.05, 3.63) is 30.2 Å². The van der Waals surface area contributed by atoms with E-state index >= 15 is 0 Å². The molecule has 0 aliphatic carbocycles. The van der Waals surface area contributed by atoms with Crippen molar-refractivity contribution in [2.75, 3.05) is 13.1 Å². The second-order valence-corrected chi connectivity index (χ2v) is 3.31. The third kappa shape index (κ3) is 3.66. The third-order valence-corrected chi connectivity index (χ3v) is 2.02. The summed E-state index contributed by atoms with van der Waals surface area (Å²) in [5.74, 6) is 3.05. The number of hydrogen-bond acceptors (Lipinski definition) is 2. The predicted molar refractivity (Wildman–Crippen MR) is 63.4 cm³/mol. The number of carbonyl (C=O) groups is 1. The maximum Gasteiger partial charge on any atom is 0.247 e. The number of rotatable bonds is 5. The van der Waals surface area contributed by atoms with Gasteiger partial charge in [-0.25, -0.2) is 0 Å². The highest BCUT2D eigenvalue weighted by molar-refractivity contribution is 5.91. The molecule has 1 aromatic heterocycles. The Kier molecular flexibility index (Phi) is 4.94. The smallest absolute Gasteiger partial charge is 0.247 e. The Balaban J connectivity index is 2.58. The Hall–Kier alpha value is -1.95. The maximum absolute atomic E-state index is 11.7. The first-order valence-electron chi connectivity index (χ1n) is 5.22. The first-order valence-corrected chi connectivity index (χ1v) is 5.22. The van der Waals surface area contributed by atoms with E-state index < -0.39 is 0 Å². The van der Waals surface area contributed by atoms with Crippen LogP contribution in [-0.4, -0.2) is 23.9 Å². The van der Waals surface area contributed by atoms with Gasteiger partial charge >= 0.3 is 0 Å². The summed E-state index contributed by atoms with van der Waals surface area (Å²) in [4.78, 5) is 13.3. The molecule has 1 heterocycles. The maximum atomic E-state index is 11.7. The van der Waals surface area contributed by atoms with Gasteiger partial charge in [-0.1, -0.05) is 12.8 Å². The van der Waals surface area contributed by atoms with Gasteiger partial charge in [0.1, 0.15) is 5.76 Å². The quantitative estimate of drug-likeness (QED) is 0.559. The standard InChI is InChI=1S/C13H15NO2/c1-3-9-14(10-4-2)13(15)8-7-12-6-5-11-16-12/h1,5-8,11H,4,9-10H2,2H3/b8-7+. The zero-order valence-electron chi connectivity index (χ0n) is 9.35. The van der Waals surface area contributed by atoms with E-state index in [0.29, 0.717) is 18.8 Å². The van der Waals surface area contributed by atoms with Crippen molar-refractivity contribution in [1.82, 2.24) is 4.90 Å². The highest BCUT2D eigenvalue weighted by atomic mass is 16.3. The van der Waals surface area contributed by atoms with Gasteiger partial charge in [0, 0.05) is 12.6 Å². The fourth-order valence-corrected chi connectivity index (χ4v) is 1.29. The van der Waals surface area contributed by atoms with E-state index in [1.165, 1.54) is 6.08 Å². The van der Waals surface area contributed by atoms with Crippen molar-refractivity contribution >= 4 is 12.0 Å². The molecule has 0 radical (unpaired) electrons. The van der Waals surface area contributed by atoms with Crippen molar-refractivity contribution < 1.29 is 9.21 Å². The fraction of sp³-hybridized carbons (Fsp3) is 0.308. The van der Waals surface area contributed by atoms with E-state index in [4.69, 9.17) is 10.8 Å². The van der Waals surface area contributed by atoms with Gasteiger partial charge in [-0.2, -0.15) is 0 Å². The monoisotopic (exact) mass is 217 g/mol. The molecule has 0 saturated carbocycles. The zero-order chi connectivity index (χ0) is 11.8. The van der Waals surface area contributed by atoms with Crippen LogP contribution < -0.4 is 0 Å². The van der Waals surface area contributed by atoms with Crippen LogP contribution in [0.5, 0.6) is 0 Å². The van der Waals surface area contributed by atoms with Gasteiger partial charge < -0.3 is 9.32 Å². The topological polar surface area (TPSA) is 33.5 Å². The van der Waals surface area contributed by atoms with Crippen molar-refractivity contribution in [1.29, 1.82) is 0 Å². The summed E-state index contributed by atoms with van der Waals surface area (Å²) in [5, 5.41) is 0. The summed E-state index contributed by atoms with van der Waals surface area (Å²) < 4.78 is 5.09. The molecule has 0 spiro atoms. The van der Waals surface area contributed by atoms with Crippen LogP contribution in [0.15, 0.2) is 28.9 Å². The molecular formula is C13H15NO2. The minimum atomic E-state index is -0.0869. The molecule has 1 aromatic rings. The molecule has 0 unspecified atom stereocenters. The highest BCUT2D eigenvalue weighted by Gasteiger charge is 2.07. The minimum Gasteiger partial charge on any atom is -0.465 e. The molecule has 0 saturated heterocycles. The third-order valence-electron chi connectivity index (χ3n) is 2.02. The fourth-order valence-electron chi connectivity index (χ4n) is 1.29. The van der Waals surface area contributed by atoms with Crippen molar-refractivity contribution in [2.45, 2.75) is 13.3 Å². The number of nitrogens with zero attached hydrogens (tertiary/aromatic N) is 1. The number of carbonyl (C=O) groups excluding carboxylic acids is 1. The van der Waals surface area contributed by atoms with E-state index in [2.05, 4.69) is 5.92 Å². The summed E-state index contributed by atoms with van der Waals surface area (Å²) in [6.07, 6.45) is 10.8. The van der Waals surface area contributed by atoms with E-state index in [9.17, 15) is 4.79 Å². The van der Waals surface area contributed by atoms with Gasteiger partial charge in [0.05, 0.1) is 12.8 Å². The summed E-state index contributed by atoms with van der Waals surface area (Å²) in [5.41, 5.74) is 0. The van der Waals surface area contributed by atoms with Crippen molar-refractivity contribution in [3.63, 3.8) is 0 Å². The molecule has 1 rings (SSSR count). The van der Waals surface area contributed by atoms with Gasteiger partial charge in [-0.05, 0) is 24.6 Å². The van der Waals surface area contributed by atoms with Crippen LogP contribution in [0, 0.1) is 12.3 Å². The molecule has 0 aromatic carbocycles. The summed E-state index contributed by atoms with van der Waals surface area (Å²) >= 11 is 0. The van der Waals surface area contributed by atoms with Crippen LogP contribution in [0.1, 0.15) is 19.1 Å². The molecule has 3 heteroatoms. The van der Waals surface area contributed by atoms with E-state index in [0.717, 1.165) is 6.42 Å². The summed E-state index contributed by atoms with van der Waals surface area (Å²) in [6.45, 7) is 3.02. The molecule has 0 atom stereocenters. The molecular weight excluding hydrogens is 202 g/mol. The van der Waals surface area contributed by atoms with Crippen LogP contribution in [-0.2, 0) is 4.79 Å².